The number of nitrogens with two attached hydrogens (primary N) is 1. The van der Waals surface area contributed by atoms with Crippen molar-refractivity contribution < 1.29 is 70.0 Å². The van der Waals surface area contributed by atoms with Crippen LogP contribution in [0.2, 0.25) is 0 Å². The van der Waals surface area contributed by atoms with E-state index in [-0.39, 0.29) is 5.69 Å². The summed E-state index contributed by atoms with van der Waals surface area (Å²) >= 11 is 0. The zero-order valence-corrected chi connectivity index (χ0v) is 27.0. The smallest absolute Gasteiger partial charge is 0.296 e. The quantitative estimate of drug-likeness (QED) is 0.0730. The number of hydrogen-bond acceptors (Lipinski definition) is 16. The van der Waals surface area contributed by atoms with E-state index in [2.05, 4.69) is 20.5 Å². The van der Waals surface area contributed by atoms with Crippen molar-refractivity contribution in [3.05, 3.63) is 54.6 Å². The minimum atomic E-state index is -5.43. The summed E-state index contributed by atoms with van der Waals surface area (Å²) in [6.07, 6.45) is 0. The predicted octanol–water partition coefficient (Wildman–Crippen LogP) is 3.19. The number of phenols is 1. The molecule has 0 aromatic heterocycles. The number of phenolic OH excluding ortho intramolecular Hbond substituents is 1. The third-order valence-electron chi connectivity index (χ3n) is 6.03. The molecular formula is C22H17N5O16S5. The van der Waals surface area contributed by atoms with E-state index in [9.17, 15) is 65.4 Å². The van der Waals surface area contributed by atoms with Crippen LogP contribution < -0.4 is 5.73 Å². The molecule has 0 amide bonds. The number of azo groups is 2. The number of fused-ring (bicyclic) bond motifs is 1. The van der Waals surface area contributed by atoms with Gasteiger partial charge in [0.1, 0.15) is 31.7 Å². The third kappa shape index (κ3) is 7.62. The number of rotatable bonds is 9. The molecule has 26 heteroatoms. The van der Waals surface area contributed by atoms with Gasteiger partial charge in [-0.1, -0.05) is 0 Å². The van der Waals surface area contributed by atoms with E-state index < -0.39 is 114 Å². The molecule has 0 atom stereocenters. The van der Waals surface area contributed by atoms with Crippen molar-refractivity contribution >= 4 is 89.8 Å². The first-order chi connectivity index (χ1) is 21.8. The Morgan fingerprint density at radius 1 is 0.500 bits per heavy atom. The van der Waals surface area contributed by atoms with Crippen molar-refractivity contribution in [1.29, 1.82) is 0 Å². The Kier molecular flexibility index (Phi) is 9.22. The van der Waals surface area contributed by atoms with Gasteiger partial charge in [-0.25, -0.2) is 0 Å². The van der Waals surface area contributed by atoms with Crippen molar-refractivity contribution in [1.82, 2.24) is 0 Å². The van der Waals surface area contributed by atoms with E-state index in [0.29, 0.717) is 30.3 Å². The molecule has 0 heterocycles. The van der Waals surface area contributed by atoms with Crippen LogP contribution in [-0.2, 0) is 50.6 Å². The normalized spacial score (nSPS) is 13.5. The lowest BCUT2D eigenvalue weighted by atomic mass is 10.1. The fourth-order valence-electron chi connectivity index (χ4n) is 3.95. The Morgan fingerprint density at radius 3 is 1.44 bits per heavy atom. The van der Waals surface area contributed by atoms with Gasteiger partial charge in [-0.2, -0.15) is 47.2 Å². The topological polar surface area (TPSA) is 368 Å². The van der Waals surface area contributed by atoms with Gasteiger partial charge >= 0.3 is 0 Å². The predicted molar refractivity (Wildman–Crippen MR) is 160 cm³/mol. The van der Waals surface area contributed by atoms with E-state index in [1.807, 2.05) is 0 Å². The molecule has 0 aliphatic rings. The van der Waals surface area contributed by atoms with Crippen LogP contribution in [0.25, 0.3) is 10.8 Å². The van der Waals surface area contributed by atoms with E-state index in [0.717, 1.165) is 24.3 Å². The van der Waals surface area contributed by atoms with Gasteiger partial charge in [-0.15, -0.1) is 15.3 Å². The Morgan fingerprint density at radius 2 is 0.958 bits per heavy atom. The average Bonchev–Trinajstić information content (AvgIpc) is 2.93. The molecule has 0 saturated heterocycles. The van der Waals surface area contributed by atoms with Gasteiger partial charge in [0.25, 0.3) is 50.6 Å². The highest BCUT2D eigenvalue weighted by atomic mass is 32.2. The second-order valence-corrected chi connectivity index (χ2v) is 16.2. The van der Waals surface area contributed by atoms with Gasteiger partial charge in [0, 0.05) is 0 Å². The minimum absolute atomic E-state index is 0.162. The summed E-state index contributed by atoms with van der Waals surface area (Å²) in [7, 11) is -25.5. The molecule has 48 heavy (non-hydrogen) atoms. The van der Waals surface area contributed by atoms with Crippen LogP contribution in [0.1, 0.15) is 0 Å². The molecule has 0 fully saturated rings. The summed E-state index contributed by atoms with van der Waals surface area (Å²) in [5.74, 6) is -1.29. The number of hydrogen-bond donors (Lipinski definition) is 7. The Balaban J connectivity index is 2.04. The largest absolute Gasteiger partial charge is 0.505 e. The van der Waals surface area contributed by atoms with Gasteiger partial charge in [0.05, 0.1) is 26.6 Å². The molecule has 0 saturated carbocycles. The molecule has 0 aliphatic heterocycles. The average molecular weight is 768 g/mol. The summed E-state index contributed by atoms with van der Waals surface area (Å²) in [6.45, 7) is 0. The molecule has 256 valence electrons. The molecule has 0 spiro atoms. The van der Waals surface area contributed by atoms with E-state index in [1.165, 1.54) is 0 Å². The maximum Gasteiger partial charge on any atom is 0.296 e. The van der Waals surface area contributed by atoms with E-state index in [1.54, 1.807) is 0 Å². The first kappa shape index (κ1) is 36.3. The van der Waals surface area contributed by atoms with Crippen LogP contribution in [-0.4, -0.2) is 70.0 Å². The highest BCUT2D eigenvalue weighted by Gasteiger charge is 2.28. The van der Waals surface area contributed by atoms with Crippen molar-refractivity contribution in [2.75, 3.05) is 5.73 Å². The number of nitrogens with zero attached hydrogens (tertiary/aromatic N) is 4. The lowest BCUT2D eigenvalue weighted by molar-refractivity contribution is 0.472. The molecule has 0 aliphatic carbocycles. The number of anilines is 1. The van der Waals surface area contributed by atoms with Crippen LogP contribution in [0.5, 0.6) is 5.75 Å². The Hall–Kier alpha value is -4.51. The van der Waals surface area contributed by atoms with Crippen LogP contribution >= 0.6 is 0 Å². The van der Waals surface area contributed by atoms with Gasteiger partial charge in [-0.05, 0) is 60.0 Å². The zero-order chi connectivity index (χ0) is 36.2. The molecular weight excluding hydrogens is 751 g/mol. The number of aromatic hydroxyl groups is 1. The highest BCUT2D eigenvalue weighted by molar-refractivity contribution is 7.87. The van der Waals surface area contributed by atoms with Crippen LogP contribution in [0, 0.1) is 0 Å². The number of nitrogen functional groups attached to an aromatic ring is 1. The molecule has 21 nitrogen and oxygen atoms in total. The molecule has 0 radical (unpaired) electrons. The van der Waals surface area contributed by atoms with Crippen LogP contribution in [0.3, 0.4) is 0 Å². The molecule has 4 rings (SSSR count). The van der Waals surface area contributed by atoms with Gasteiger partial charge in [-0.3, -0.25) is 22.8 Å². The van der Waals surface area contributed by atoms with Crippen molar-refractivity contribution in [2.24, 2.45) is 20.5 Å². The minimum Gasteiger partial charge on any atom is -0.505 e. The summed E-state index contributed by atoms with van der Waals surface area (Å²) in [5.41, 5.74) is 1.94. The third-order valence-corrected chi connectivity index (χ3v) is 10.4. The maximum atomic E-state index is 12.3. The zero-order valence-electron chi connectivity index (χ0n) is 22.9. The first-order valence-electron chi connectivity index (χ1n) is 11.9. The summed E-state index contributed by atoms with van der Waals surface area (Å²) in [6, 6.07) is 6.31. The fraction of sp³-hybridized carbons (Fsp3) is 0. The second kappa shape index (κ2) is 12.2. The second-order valence-electron chi connectivity index (χ2n) is 9.21. The molecule has 4 aromatic carbocycles. The summed E-state index contributed by atoms with van der Waals surface area (Å²) in [5, 5.41) is 23.9. The SMILES string of the molecule is Nc1c(N=Nc2ccc(S(=O)(=O)O)cc2)c(S(=O)(=O)O)cc2cc(S(=O)(=O)O)c(N=Nc3cc(S(=O)(=O)O)ccc3S(=O)(=O)O)c(O)c12. The van der Waals surface area contributed by atoms with Gasteiger partial charge in [0.15, 0.2) is 5.75 Å². The van der Waals surface area contributed by atoms with Crippen LogP contribution in [0.4, 0.5) is 28.4 Å². The lowest BCUT2D eigenvalue weighted by Gasteiger charge is -2.14. The van der Waals surface area contributed by atoms with Crippen molar-refractivity contribution in [3.8, 4) is 5.75 Å². The monoisotopic (exact) mass is 767 g/mol. The Labute approximate surface area is 269 Å². The maximum absolute atomic E-state index is 12.3. The van der Waals surface area contributed by atoms with E-state index >= 15 is 0 Å². The molecule has 4 aromatic rings. The van der Waals surface area contributed by atoms with Gasteiger partial charge < -0.3 is 10.8 Å². The number of benzene rings is 4. The molecule has 0 bridgehead atoms. The Bertz CT molecular complexity index is 2640. The lowest BCUT2D eigenvalue weighted by Crippen LogP contribution is -2.04. The van der Waals surface area contributed by atoms with Crippen LogP contribution in [0.15, 0.2) is 99.5 Å². The van der Waals surface area contributed by atoms with Crippen molar-refractivity contribution in [3.63, 3.8) is 0 Å². The molecule has 8 N–H and O–H groups in total. The van der Waals surface area contributed by atoms with Gasteiger partial charge in [0.2, 0.25) is 0 Å². The summed E-state index contributed by atoms with van der Waals surface area (Å²) in [4.78, 5) is -5.05. The molecule has 0 unspecified atom stereocenters. The standard InChI is InChI=1S/C22H17N5O16S5/c23-19-18-10(7-16(47(38,39)40)20(19)26-24-11-1-3-12(4-2-11)44(29,30)31)8-17(48(41,42)43)21(22(18)28)27-25-14-9-13(45(32,33)34)5-6-15(14)46(35,36)37/h1-9,28H,23H2,(H,29,30,31)(H,32,33,34)(H,35,36,37)(H,38,39,40)(H,41,42,43). The summed E-state index contributed by atoms with van der Waals surface area (Å²) < 4.78 is 166. The first-order valence-corrected chi connectivity index (χ1v) is 19.1. The fourth-order valence-corrected chi connectivity index (χ4v) is 6.87. The highest BCUT2D eigenvalue weighted by Crippen LogP contribution is 2.48. The van der Waals surface area contributed by atoms with Crippen molar-refractivity contribution in [2.45, 2.75) is 24.5 Å². The van der Waals surface area contributed by atoms with E-state index in [4.69, 9.17) is 10.3 Å².